The number of halogens is 2. The Morgan fingerprint density at radius 1 is 1.56 bits per heavy atom. The van der Waals surface area contributed by atoms with E-state index in [4.69, 9.17) is 17.3 Å². The molecule has 0 saturated carbocycles. The van der Waals surface area contributed by atoms with Gasteiger partial charge in [-0.15, -0.1) is 0 Å². The van der Waals surface area contributed by atoms with Gasteiger partial charge >= 0.3 is 5.97 Å². The van der Waals surface area contributed by atoms with Crippen LogP contribution in [0.25, 0.3) is 0 Å². The predicted molar refractivity (Wildman–Crippen MR) is 69.1 cm³/mol. The van der Waals surface area contributed by atoms with Gasteiger partial charge in [-0.3, -0.25) is 4.79 Å². The number of carbonyl (C=O) groups excluding carboxylic acids is 1. The molecule has 1 aromatic carbocycles. The van der Waals surface area contributed by atoms with Crippen LogP contribution in [0.5, 0.6) is 0 Å². The van der Waals surface area contributed by atoms with Crippen LogP contribution in [0, 0.1) is 5.82 Å². The number of hydrogen-bond donors (Lipinski definition) is 1. The molecule has 5 heteroatoms. The van der Waals surface area contributed by atoms with Crippen molar-refractivity contribution in [2.45, 2.75) is 31.7 Å². The van der Waals surface area contributed by atoms with E-state index in [1.54, 1.807) is 6.07 Å². The number of benzene rings is 1. The second kappa shape index (κ2) is 6.71. The molecule has 0 aliphatic heterocycles. The van der Waals surface area contributed by atoms with Crippen LogP contribution >= 0.6 is 11.6 Å². The van der Waals surface area contributed by atoms with Crippen molar-refractivity contribution in [3.8, 4) is 0 Å². The van der Waals surface area contributed by atoms with E-state index < -0.39 is 5.82 Å². The second-order valence-electron chi connectivity index (χ2n) is 4.13. The van der Waals surface area contributed by atoms with Crippen LogP contribution in [0.4, 0.5) is 4.39 Å². The van der Waals surface area contributed by atoms with Crippen molar-refractivity contribution in [3.05, 3.63) is 34.6 Å². The fraction of sp³-hybridized carbons (Fsp3) is 0.462. The summed E-state index contributed by atoms with van der Waals surface area (Å²) < 4.78 is 17.8. The number of hydrogen-bond acceptors (Lipinski definition) is 3. The highest BCUT2D eigenvalue weighted by Crippen LogP contribution is 2.28. The van der Waals surface area contributed by atoms with Gasteiger partial charge in [0.25, 0.3) is 0 Å². The molecule has 0 bridgehead atoms. The van der Waals surface area contributed by atoms with Gasteiger partial charge in [0.15, 0.2) is 0 Å². The average Bonchev–Trinajstić information content (AvgIpc) is 2.38. The molecule has 3 nitrogen and oxygen atoms in total. The Kier molecular flexibility index (Phi) is 5.56. The molecule has 0 fully saturated rings. The van der Waals surface area contributed by atoms with Gasteiger partial charge in [-0.05, 0) is 24.1 Å². The average molecular weight is 274 g/mol. The first-order valence-electron chi connectivity index (χ1n) is 5.76. The second-order valence-corrected chi connectivity index (χ2v) is 4.54. The molecule has 0 aromatic heterocycles. The van der Waals surface area contributed by atoms with E-state index in [1.165, 1.54) is 19.2 Å². The molecule has 0 spiro atoms. The summed E-state index contributed by atoms with van der Waals surface area (Å²) in [5.74, 6) is -1.05. The zero-order chi connectivity index (χ0) is 13.7. The van der Waals surface area contributed by atoms with Crippen molar-refractivity contribution < 1.29 is 13.9 Å². The fourth-order valence-corrected chi connectivity index (χ4v) is 2.00. The molecule has 2 unspecified atom stereocenters. The lowest BCUT2D eigenvalue weighted by Crippen LogP contribution is -2.29. The lowest BCUT2D eigenvalue weighted by Gasteiger charge is -2.22. The fourth-order valence-electron chi connectivity index (χ4n) is 1.81. The topological polar surface area (TPSA) is 52.3 Å². The third kappa shape index (κ3) is 3.68. The van der Waals surface area contributed by atoms with Crippen molar-refractivity contribution in [2.24, 2.45) is 5.73 Å². The van der Waals surface area contributed by atoms with Gasteiger partial charge in [0.1, 0.15) is 5.82 Å². The molecule has 18 heavy (non-hydrogen) atoms. The molecule has 0 heterocycles. The number of methoxy groups -OCH3 is 1. The van der Waals surface area contributed by atoms with E-state index >= 15 is 0 Å². The zero-order valence-corrected chi connectivity index (χ0v) is 11.2. The Labute approximate surface area is 111 Å². The number of carbonyl (C=O) groups is 1. The maximum Gasteiger partial charge on any atom is 0.306 e. The van der Waals surface area contributed by atoms with E-state index in [0.29, 0.717) is 6.42 Å². The Bertz CT molecular complexity index is 425. The summed E-state index contributed by atoms with van der Waals surface area (Å²) in [5, 5.41) is 0.0330. The molecule has 100 valence electrons. The van der Waals surface area contributed by atoms with Gasteiger partial charge < -0.3 is 10.5 Å². The van der Waals surface area contributed by atoms with Crippen LogP contribution in [0.2, 0.25) is 5.02 Å². The third-order valence-corrected chi connectivity index (χ3v) is 3.26. The van der Waals surface area contributed by atoms with Crippen LogP contribution in [0.15, 0.2) is 18.2 Å². The molecular weight excluding hydrogens is 257 g/mol. The minimum absolute atomic E-state index is 0.0330. The van der Waals surface area contributed by atoms with Crippen LogP contribution in [-0.2, 0) is 9.53 Å². The molecular formula is C13H17ClFNO2. The van der Waals surface area contributed by atoms with Gasteiger partial charge in [0.05, 0.1) is 18.6 Å². The standard InChI is InChI=1S/C13H17ClFNO2/c1-3-12(16)9(7-13(17)18-2)8-4-5-11(15)10(14)6-8/h4-6,9,12H,3,7,16H2,1-2H3. The van der Waals surface area contributed by atoms with Gasteiger partial charge in [-0.25, -0.2) is 4.39 Å². The lowest BCUT2D eigenvalue weighted by atomic mass is 9.87. The normalized spacial score (nSPS) is 14.1. The SMILES string of the molecule is CCC(N)C(CC(=O)OC)c1ccc(F)c(Cl)c1. The summed E-state index contributed by atoms with van der Waals surface area (Å²) in [4.78, 5) is 11.4. The quantitative estimate of drug-likeness (QED) is 0.840. The predicted octanol–water partition coefficient (Wildman–Crippen LogP) is 2.86. The summed E-state index contributed by atoms with van der Waals surface area (Å²) in [6, 6.07) is 4.19. The summed E-state index contributed by atoms with van der Waals surface area (Å²) >= 11 is 5.74. The largest absolute Gasteiger partial charge is 0.469 e. The van der Waals surface area contributed by atoms with Crippen LogP contribution in [0.3, 0.4) is 0 Å². The molecule has 1 aromatic rings. The Morgan fingerprint density at radius 2 is 2.22 bits per heavy atom. The summed E-state index contributed by atoms with van der Waals surface area (Å²) in [7, 11) is 1.33. The van der Waals surface area contributed by atoms with Gasteiger partial charge in [-0.2, -0.15) is 0 Å². The van der Waals surface area contributed by atoms with Crippen molar-refractivity contribution >= 4 is 17.6 Å². The first-order chi connectivity index (χ1) is 8.49. The summed E-state index contributed by atoms with van der Waals surface area (Å²) in [5.41, 5.74) is 6.75. The highest BCUT2D eigenvalue weighted by atomic mass is 35.5. The maximum atomic E-state index is 13.1. The summed E-state index contributed by atoms with van der Waals surface area (Å²) in [6.45, 7) is 1.93. The van der Waals surface area contributed by atoms with E-state index in [0.717, 1.165) is 5.56 Å². The smallest absolute Gasteiger partial charge is 0.306 e. The highest BCUT2D eigenvalue weighted by Gasteiger charge is 2.23. The van der Waals surface area contributed by atoms with E-state index in [1.807, 2.05) is 6.92 Å². The van der Waals surface area contributed by atoms with Crippen molar-refractivity contribution in [1.29, 1.82) is 0 Å². The van der Waals surface area contributed by atoms with Crippen molar-refractivity contribution in [2.75, 3.05) is 7.11 Å². The summed E-state index contributed by atoms with van der Waals surface area (Å²) in [6.07, 6.45) is 0.865. The third-order valence-electron chi connectivity index (χ3n) is 2.97. The molecule has 0 aliphatic rings. The number of nitrogens with two attached hydrogens (primary N) is 1. The van der Waals surface area contributed by atoms with Gasteiger partial charge in [-0.1, -0.05) is 24.6 Å². The van der Waals surface area contributed by atoms with Crippen molar-refractivity contribution in [3.63, 3.8) is 0 Å². The van der Waals surface area contributed by atoms with Gasteiger partial charge in [0, 0.05) is 12.0 Å². The molecule has 0 radical (unpaired) electrons. The Morgan fingerprint density at radius 3 is 2.72 bits per heavy atom. The molecule has 2 atom stereocenters. The van der Waals surface area contributed by atoms with Crippen LogP contribution in [-0.4, -0.2) is 19.1 Å². The number of rotatable bonds is 5. The minimum Gasteiger partial charge on any atom is -0.469 e. The minimum atomic E-state index is -0.484. The molecule has 1 rings (SSSR count). The first-order valence-corrected chi connectivity index (χ1v) is 6.14. The molecule has 0 aliphatic carbocycles. The van der Waals surface area contributed by atoms with Crippen LogP contribution in [0.1, 0.15) is 31.2 Å². The van der Waals surface area contributed by atoms with E-state index in [-0.39, 0.29) is 29.4 Å². The molecule has 0 amide bonds. The van der Waals surface area contributed by atoms with Gasteiger partial charge in [0.2, 0.25) is 0 Å². The number of ether oxygens (including phenoxy) is 1. The van der Waals surface area contributed by atoms with E-state index in [9.17, 15) is 9.18 Å². The van der Waals surface area contributed by atoms with Crippen molar-refractivity contribution in [1.82, 2.24) is 0 Å². The zero-order valence-electron chi connectivity index (χ0n) is 10.5. The monoisotopic (exact) mass is 273 g/mol. The van der Waals surface area contributed by atoms with Crippen LogP contribution < -0.4 is 5.73 Å². The number of esters is 1. The lowest BCUT2D eigenvalue weighted by molar-refractivity contribution is -0.141. The highest BCUT2D eigenvalue weighted by molar-refractivity contribution is 6.30. The Hall–Kier alpha value is -1.13. The molecule has 2 N–H and O–H groups in total. The molecule has 0 saturated heterocycles. The maximum absolute atomic E-state index is 13.1. The first kappa shape index (κ1) is 14.9. The van der Waals surface area contributed by atoms with E-state index in [2.05, 4.69) is 4.74 Å². The Balaban J connectivity index is 3.01.